The van der Waals surface area contributed by atoms with Gasteiger partial charge in [0.2, 0.25) is 5.91 Å². The standard InChI is InChI=1S/C28H37N3O4/c32-24-18-31(17-21-5-4-6-23(15-21)22-9-11-29-12-10-22)26-8-7-25(35-27(26)20-34-19-24)16-28(33)30-13-2-1-3-14-30/h4-6,9-12,15,24-27,32H,1-3,7-8,13-14,16-20H2/t24-,25+,26+,27-/m0/s1. The number of aliphatic hydroxyl groups is 1. The van der Waals surface area contributed by atoms with Gasteiger partial charge in [-0.15, -0.1) is 0 Å². The van der Waals surface area contributed by atoms with Crippen molar-refractivity contribution < 1.29 is 19.4 Å². The molecule has 3 aliphatic heterocycles. The molecular formula is C28H37N3O4. The van der Waals surface area contributed by atoms with Gasteiger partial charge in [-0.3, -0.25) is 14.7 Å². The highest BCUT2D eigenvalue weighted by Crippen LogP contribution is 2.30. The molecule has 5 rings (SSSR count). The van der Waals surface area contributed by atoms with Gasteiger partial charge in [-0.05, 0) is 67.0 Å². The largest absolute Gasteiger partial charge is 0.389 e. The van der Waals surface area contributed by atoms with E-state index in [1.54, 1.807) is 0 Å². The second-order valence-electron chi connectivity index (χ2n) is 10.1. The number of nitrogens with zero attached hydrogens (tertiary/aromatic N) is 3. The van der Waals surface area contributed by atoms with E-state index in [9.17, 15) is 9.90 Å². The van der Waals surface area contributed by atoms with Crippen molar-refractivity contribution in [1.29, 1.82) is 0 Å². The first-order valence-electron chi connectivity index (χ1n) is 13.1. The van der Waals surface area contributed by atoms with Gasteiger partial charge in [-0.2, -0.15) is 0 Å². The molecule has 0 spiro atoms. The molecule has 35 heavy (non-hydrogen) atoms. The van der Waals surface area contributed by atoms with Crippen LogP contribution < -0.4 is 0 Å². The van der Waals surface area contributed by atoms with Crippen LogP contribution in [0.3, 0.4) is 0 Å². The molecule has 2 aromatic rings. The molecule has 4 atom stereocenters. The number of rotatable bonds is 5. The molecule has 7 heteroatoms. The molecule has 188 valence electrons. The number of aliphatic hydroxyl groups excluding tert-OH is 1. The summed E-state index contributed by atoms with van der Waals surface area (Å²) >= 11 is 0. The Balaban J connectivity index is 1.26. The summed E-state index contributed by atoms with van der Waals surface area (Å²) in [5.41, 5.74) is 3.51. The lowest BCUT2D eigenvalue weighted by Crippen LogP contribution is -2.55. The van der Waals surface area contributed by atoms with Crippen LogP contribution in [0.1, 0.15) is 44.1 Å². The van der Waals surface area contributed by atoms with Gasteiger partial charge in [0.05, 0.1) is 37.9 Å². The van der Waals surface area contributed by atoms with Crippen molar-refractivity contribution in [3.63, 3.8) is 0 Å². The fraction of sp³-hybridized carbons (Fsp3) is 0.571. The molecule has 1 N–H and O–H groups in total. The highest BCUT2D eigenvalue weighted by molar-refractivity contribution is 5.76. The Morgan fingerprint density at radius 3 is 2.69 bits per heavy atom. The van der Waals surface area contributed by atoms with Crippen molar-refractivity contribution in [2.75, 3.05) is 32.8 Å². The summed E-state index contributed by atoms with van der Waals surface area (Å²) in [5, 5.41) is 10.5. The second-order valence-corrected chi connectivity index (χ2v) is 10.1. The summed E-state index contributed by atoms with van der Waals surface area (Å²) in [5.74, 6) is 0.222. The number of amides is 1. The Kier molecular flexibility index (Phi) is 8.09. The van der Waals surface area contributed by atoms with Gasteiger partial charge in [0, 0.05) is 44.6 Å². The highest BCUT2D eigenvalue weighted by atomic mass is 16.5. The number of aromatic nitrogens is 1. The first-order chi connectivity index (χ1) is 17.2. The van der Waals surface area contributed by atoms with Crippen molar-refractivity contribution in [1.82, 2.24) is 14.8 Å². The second kappa shape index (κ2) is 11.6. The molecule has 0 unspecified atom stereocenters. The zero-order valence-electron chi connectivity index (χ0n) is 20.4. The Labute approximate surface area is 208 Å². The molecule has 3 fully saturated rings. The van der Waals surface area contributed by atoms with E-state index in [1.807, 2.05) is 29.4 Å². The lowest BCUT2D eigenvalue weighted by molar-refractivity contribution is -0.161. The Morgan fingerprint density at radius 1 is 1.03 bits per heavy atom. The van der Waals surface area contributed by atoms with E-state index < -0.39 is 6.10 Å². The van der Waals surface area contributed by atoms with Crippen LogP contribution in [0.2, 0.25) is 0 Å². The summed E-state index contributed by atoms with van der Waals surface area (Å²) in [4.78, 5) is 21.3. The van der Waals surface area contributed by atoms with Crippen molar-refractivity contribution in [2.45, 2.75) is 69.4 Å². The minimum absolute atomic E-state index is 0.0597. The van der Waals surface area contributed by atoms with Crippen LogP contribution in [0, 0.1) is 0 Å². The summed E-state index contributed by atoms with van der Waals surface area (Å²) in [6.07, 6.45) is 8.61. The molecule has 3 saturated heterocycles. The van der Waals surface area contributed by atoms with Gasteiger partial charge in [0.25, 0.3) is 0 Å². The number of β-amino-alcohol motifs (C(OH)–C–C–N with tert-alkyl or cyclic N) is 1. The normalized spacial score (nSPS) is 28.1. The Hall–Kier alpha value is -2.32. The number of fused-ring (bicyclic) bond motifs is 1. The first-order valence-corrected chi connectivity index (χ1v) is 13.1. The molecular weight excluding hydrogens is 442 g/mol. The molecule has 4 heterocycles. The van der Waals surface area contributed by atoms with Crippen LogP contribution in [-0.2, 0) is 20.8 Å². The first kappa shape index (κ1) is 24.4. The smallest absolute Gasteiger partial charge is 0.225 e. The average molecular weight is 480 g/mol. The number of carbonyl (C=O) groups excluding carboxylic acids is 1. The Bertz CT molecular complexity index is 966. The van der Waals surface area contributed by atoms with Gasteiger partial charge in [0.15, 0.2) is 0 Å². The minimum atomic E-state index is -0.530. The van der Waals surface area contributed by atoms with Crippen LogP contribution in [-0.4, -0.2) is 83.0 Å². The maximum Gasteiger partial charge on any atom is 0.225 e. The molecule has 0 radical (unpaired) electrons. The molecule has 3 aliphatic rings. The van der Waals surface area contributed by atoms with Crippen LogP contribution in [0.15, 0.2) is 48.8 Å². The van der Waals surface area contributed by atoms with E-state index >= 15 is 0 Å². The number of hydrogen-bond acceptors (Lipinski definition) is 6. The predicted molar refractivity (Wildman–Crippen MR) is 134 cm³/mol. The van der Waals surface area contributed by atoms with Crippen molar-refractivity contribution in [3.8, 4) is 11.1 Å². The number of pyridine rings is 1. The van der Waals surface area contributed by atoms with E-state index in [-0.39, 0.29) is 24.2 Å². The molecule has 7 nitrogen and oxygen atoms in total. The number of carbonyl (C=O) groups is 1. The molecule has 1 amide bonds. The fourth-order valence-corrected chi connectivity index (χ4v) is 5.72. The molecule has 1 aromatic carbocycles. The fourth-order valence-electron chi connectivity index (χ4n) is 5.72. The van der Waals surface area contributed by atoms with E-state index in [0.29, 0.717) is 26.2 Å². The van der Waals surface area contributed by atoms with Gasteiger partial charge in [0.1, 0.15) is 0 Å². The third-order valence-corrected chi connectivity index (χ3v) is 7.52. The minimum Gasteiger partial charge on any atom is -0.389 e. The van der Waals surface area contributed by atoms with Gasteiger partial charge < -0.3 is 19.5 Å². The van der Waals surface area contributed by atoms with Gasteiger partial charge in [-0.1, -0.05) is 18.2 Å². The average Bonchev–Trinajstić information content (AvgIpc) is 2.89. The summed E-state index contributed by atoms with van der Waals surface area (Å²) < 4.78 is 12.3. The summed E-state index contributed by atoms with van der Waals surface area (Å²) in [6.45, 7) is 3.79. The number of likely N-dealkylation sites (tertiary alicyclic amines) is 1. The van der Waals surface area contributed by atoms with Gasteiger partial charge in [-0.25, -0.2) is 0 Å². The zero-order valence-corrected chi connectivity index (χ0v) is 20.4. The van der Waals surface area contributed by atoms with Crippen molar-refractivity contribution >= 4 is 5.91 Å². The quantitative estimate of drug-likeness (QED) is 0.710. The number of benzene rings is 1. The van der Waals surface area contributed by atoms with Crippen LogP contribution in [0.25, 0.3) is 11.1 Å². The van der Waals surface area contributed by atoms with Crippen molar-refractivity contribution in [3.05, 3.63) is 54.4 Å². The lowest BCUT2D eigenvalue weighted by Gasteiger charge is -2.44. The van der Waals surface area contributed by atoms with Gasteiger partial charge >= 0.3 is 0 Å². The van der Waals surface area contributed by atoms with Crippen LogP contribution in [0.5, 0.6) is 0 Å². The van der Waals surface area contributed by atoms with E-state index in [4.69, 9.17) is 9.47 Å². The van der Waals surface area contributed by atoms with Crippen LogP contribution in [0.4, 0.5) is 0 Å². The lowest BCUT2D eigenvalue weighted by atomic mass is 9.93. The SMILES string of the molecule is O=C(C[C@H]1CC[C@@H]2[C@H](COC[C@@H](O)CN2Cc2cccc(-c3ccncc3)c2)O1)N1CCCCC1. The zero-order chi connectivity index (χ0) is 24.0. The van der Waals surface area contributed by atoms with E-state index in [0.717, 1.165) is 56.4 Å². The topological polar surface area (TPSA) is 75.1 Å². The third-order valence-electron chi connectivity index (χ3n) is 7.52. The highest BCUT2D eigenvalue weighted by Gasteiger charge is 2.38. The molecule has 0 aliphatic carbocycles. The molecule has 0 saturated carbocycles. The number of piperidine rings is 1. The van der Waals surface area contributed by atoms with Crippen LogP contribution >= 0.6 is 0 Å². The third kappa shape index (κ3) is 6.28. The monoisotopic (exact) mass is 479 g/mol. The van der Waals surface area contributed by atoms with E-state index in [2.05, 4.69) is 34.1 Å². The maximum atomic E-state index is 12.8. The molecule has 1 aromatic heterocycles. The maximum absolute atomic E-state index is 12.8. The summed E-state index contributed by atoms with van der Waals surface area (Å²) in [7, 11) is 0. The number of hydrogen-bond donors (Lipinski definition) is 1. The summed E-state index contributed by atoms with van der Waals surface area (Å²) in [6, 6.07) is 12.8. The predicted octanol–water partition coefficient (Wildman–Crippen LogP) is 3.26. The molecule has 0 bridgehead atoms. The van der Waals surface area contributed by atoms with Crippen molar-refractivity contribution in [2.24, 2.45) is 0 Å². The van der Waals surface area contributed by atoms with E-state index in [1.165, 1.54) is 12.0 Å². The number of ether oxygens (including phenoxy) is 2. The Morgan fingerprint density at radius 2 is 1.86 bits per heavy atom.